The molecule has 0 atom stereocenters. The first-order chi connectivity index (χ1) is 9.83. The first kappa shape index (κ1) is 11.5. The monoisotopic (exact) mass is 281 g/mol. The summed E-state index contributed by atoms with van der Waals surface area (Å²) in [6.45, 7) is 0. The zero-order valence-electron chi connectivity index (χ0n) is 10.6. The van der Waals surface area contributed by atoms with E-state index >= 15 is 0 Å². The Balaban J connectivity index is 1.80. The lowest BCUT2D eigenvalue weighted by molar-refractivity contribution is 0.102. The van der Waals surface area contributed by atoms with Gasteiger partial charge in [-0.25, -0.2) is 0 Å². The van der Waals surface area contributed by atoms with Crippen molar-refractivity contribution in [3.63, 3.8) is 0 Å². The summed E-state index contributed by atoms with van der Waals surface area (Å²) in [6, 6.07) is 10.3. The molecule has 3 aromatic rings. The fourth-order valence-electron chi connectivity index (χ4n) is 2.81. The summed E-state index contributed by atoms with van der Waals surface area (Å²) in [5.41, 5.74) is 3.93. The van der Waals surface area contributed by atoms with Crippen LogP contribution < -0.4 is 5.32 Å². The van der Waals surface area contributed by atoms with Gasteiger partial charge in [0.1, 0.15) is 0 Å². The molecule has 0 bridgehead atoms. The molecule has 0 spiro atoms. The van der Waals surface area contributed by atoms with E-state index in [0.717, 1.165) is 35.6 Å². The molecule has 1 amide bonds. The van der Waals surface area contributed by atoms with Gasteiger partial charge in [-0.2, -0.15) is 8.75 Å². The minimum atomic E-state index is -0.211. The van der Waals surface area contributed by atoms with E-state index in [1.54, 1.807) is 0 Å². The molecule has 0 radical (unpaired) electrons. The van der Waals surface area contributed by atoms with Crippen LogP contribution in [0.2, 0.25) is 0 Å². The lowest BCUT2D eigenvalue weighted by Crippen LogP contribution is -2.12. The normalized spacial score (nSPS) is 12.8. The second-order valence-electron chi connectivity index (χ2n) is 4.86. The summed E-state index contributed by atoms with van der Waals surface area (Å²) < 4.78 is 7.81. The Morgan fingerprint density at radius 3 is 2.80 bits per heavy atom. The highest BCUT2D eigenvalue weighted by Gasteiger charge is 2.17. The molecule has 2 aromatic carbocycles. The molecule has 4 rings (SSSR count). The van der Waals surface area contributed by atoms with Gasteiger partial charge in [0.2, 0.25) is 0 Å². The molecule has 0 fully saturated rings. The number of benzene rings is 2. The molecule has 98 valence electrons. The van der Waals surface area contributed by atoms with Gasteiger partial charge in [-0.3, -0.25) is 4.79 Å². The highest BCUT2D eigenvalue weighted by molar-refractivity contribution is 6.99. The van der Waals surface area contributed by atoms with E-state index in [4.69, 9.17) is 0 Å². The number of carbonyl (C=O) groups is 1. The van der Waals surface area contributed by atoms with Crippen LogP contribution in [0.15, 0.2) is 36.5 Å². The predicted molar refractivity (Wildman–Crippen MR) is 79.2 cm³/mol. The average molecular weight is 281 g/mol. The van der Waals surface area contributed by atoms with Crippen LogP contribution in [0.1, 0.15) is 21.6 Å². The van der Waals surface area contributed by atoms with Crippen LogP contribution in [0.25, 0.3) is 10.8 Å². The first-order valence-electron chi connectivity index (χ1n) is 6.45. The zero-order chi connectivity index (χ0) is 13.5. The number of nitrogens with zero attached hydrogens (tertiary/aromatic N) is 2. The van der Waals surface area contributed by atoms with E-state index < -0.39 is 0 Å². The third-order valence-corrected chi connectivity index (χ3v) is 4.20. The number of nitrogens with one attached hydrogen (secondary N) is 1. The van der Waals surface area contributed by atoms with E-state index in [2.05, 4.69) is 32.3 Å². The summed E-state index contributed by atoms with van der Waals surface area (Å²) in [4.78, 5) is 12.1. The van der Waals surface area contributed by atoms with Crippen molar-refractivity contribution in [2.75, 3.05) is 5.32 Å². The van der Waals surface area contributed by atoms with Crippen LogP contribution in [0, 0.1) is 0 Å². The Morgan fingerprint density at radius 2 is 2.00 bits per heavy atom. The number of aryl methyl sites for hydroxylation is 2. The van der Waals surface area contributed by atoms with Gasteiger partial charge >= 0.3 is 0 Å². The number of anilines is 1. The molecule has 0 aliphatic heterocycles. The van der Waals surface area contributed by atoms with Crippen molar-refractivity contribution in [3.05, 3.63) is 53.3 Å². The van der Waals surface area contributed by atoms with Crippen LogP contribution >= 0.6 is 11.7 Å². The van der Waals surface area contributed by atoms with Gasteiger partial charge in [-0.05, 0) is 35.4 Å². The van der Waals surface area contributed by atoms with Crippen molar-refractivity contribution in [3.8, 4) is 0 Å². The molecule has 0 saturated heterocycles. The molecule has 0 unspecified atom stereocenters. The van der Waals surface area contributed by atoms with Crippen LogP contribution in [0.5, 0.6) is 0 Å². The number of hydrogen-bond acceptors (Lipinski definition) is 4. The third kappa shape index (κ3) is 1.71. The van der Waals surface area contributed by atoms with Crippen LogP contribution in [-0.2, 0) is 12.8 Å². The van der Waals surface area contributed by atoms with E-state index in [1.165, 1.54) is 22.7 Å². The number of amides is 1. The van der Waals surface area contributed by atoms with Crippen LogP contribution in [-0.4, -0.2) is 14.7 Å². The van der Waals surface area contributed by atoms with Crippen molar-refractivity contribution in [1.29, 1.82) is 0 Å². The van der Waals surface area contributed by atoms with E-state index in [9.17, 15) is 4.79 Å². The third-order valence-electron chi connectivity index (χ3n) is 3.72. The highest BCUT2D eigenvalue weighted by atomic mass is 32.1. The van der Waals surface area contributed by atoms with Gasteiger partial charge in [-0.15, -0.1) is 0 Å². The summed E-state index contributed by atoms with van der Waals surface area (Å²) in [5, 5.41) is 5.33. The molecule has 0 saturated carbocycles. The molecular weight excluding hydrogens is 270 g/mol. The Hall–Kier alpha value is -2.27. The Kier molecular flexibility index (Phi) is 2.53. The topological polar surface area (TPSA) is 54.9 Å². The maximum atomic E-state index is 12.1. The fraction of sp³-hybridized carbons (Fsp3) is 0.133. The molecule has 1 N–H and O–H groups in total. The molecule has 4 nitrogen and oxygen atoms in total. The van der Waals surface area contributed by atoms with Crippen molar-refractivity contribution >= 4 is 34.1 Å². The van der Waals surface area contributed by atoms with Gasteiger partial charge in [-0.1, -0.05) is 24.3 Å². The summed E-state index contributed by atoms with van der Waals surface area (Å²) in [7, 11) is 0. The predicted octanol–water partition coefficient (Wildman–Crippen LogP) is 3.04. The molecule has 1 aliphatic carbocycles. The Morgan fingerprint density at radius 1 is 1.15 bits per heavy atom. The number of carbonyl (C=O) groups excluding carboxylic acids is 1. The minimum Gasteiger partial charge on any atom is -0.320 e. The quantitative estimate of drug-likeness (QED) is 0.785. The second-order valence-corrected chi connectivity index (χ2v) is 5.42. The van der Waals surface area contributed by atoms with Gasteiger partial charge in [0.05, 0.1) is 17.9 Å². The second kappa shape index (κ2) is 4.38. The maximum Gasteiger partial charge on any atom is 0.277 e. The summed E-state index contributed by atoms with van der Waals surface area (Å²) in [5.74, 6) is -0.211. The molecule has 1 heterocycles. The summed E-state index contributed by atoms with van der Waals surface area (Å²) >= 11 is 1.04. The lowest BCUT2D eigenvalue weighted by Gasteiger charge is -2.09. The van der Waals surface area contributed by atoms with Gasteiger partial charge < -0.3 is 5.32 Å². The number of aromatic nitrogens is 2. The smallest absolute Gasteiger partial charge is 0.277 e. The maximum absolute atomic E-state index is 12.1. The SMILES string of the molecule is O=C(Nc1ccc2c3c(cccc13)CC2)c1cnsn1. The van der Waals surface area contributed by atoms with Gasteiger partial charge in [0, 0.05) is 11.1 Å². The Labute approximate surface area is 119 Å². The van der Waals surface area contributed by atoms with Crippen LogP contribution in [0.4, 0.5) is 5.69 Å². The first-order valence-corrected chi connectivity index (χ1v) is 7.18. The highest BCUT2D eigenvalue weighted by Crippen LogP contribution is 2.35. The van der Waals surface area contributed by atoms with Crippen molar-refractivity contribution in [2.45, 2.75) is 12.8 Å². The molecular formula is C15H11N3OS. The standard InChI is InChI=1S/C15H11N3OS/c19-15(13-8-16-20-18-13)17-12-7-6-10-5-4-9-2-1-3-11(12)14(9)10/h1-3,6-8H,4-5H2,(H,17,19). The van der Waals surface area contributed by atoms with Gasteiger partial charge in [0.25, 0.3) is 5.91 Å². The number of rotatable bonds is 2. The number of hydrogen-bond donors (Lipinski definition) is 1. The van der Waals surface area contributed by atoms with Crippen molar-refractivity contribution < 1.29 is 4.79 Å². The lowest BCUT2D eigenvalue weighted by atomic mass is 10.0. The summed E-state index contributed by atoms with van der Waals surface area (Å²) in [6.07, 6.45) is 3.65. The molecule has 1 aliphatic rings. The largest absolute Gasteiger partial charge is 0.320 e. The fourth-order valence-corrected chi connectivity index (χ4v) is 3.22. The van der Waals surface area contributed by atoms with Gasteiger partial charge in [0.15, 0.2) is 5.69 Å². The van der Waals surface area contributed by atoms with Crippen molar-refractivity contribution in [2.24, 2.45) is 0 Å². The van der Waals surface area contributed by atoms with Crippen LogP contribution in [0.3, 0.4) is 0 Å². The molecule has 1 aromatic heterocycles. The Bertz CT molecular complexity index is 801. The van der Waals surface area contributed by atoms with Crippen molar-refractivity contribution in [1.82, 2.24) is 8.75 Å². The van der Waals surface area contributed by atoms with E-state index in [1.807, 2.05) is 12.1 Å². The minimum absolute atomic E-state index is 0.211. The van der Waals surface area contributed by atoms with E-state index in [-0.39, 0.29) is 5.91 Å². The average Bonchev–Trinajstić information content (AvgIpc) is 3.12. The molecule has 20 heavy (non-hydrogen) atoms. The molecule has 5 heteroatoms. The zero-order valence-corrected chi connectivity index (χ0v) is 11.4. The van der Waals surface area contributed by atoms with E-state index in [0.29, 0.717) is 5.69 Å².